The van der Waals surface area contributed by atoms with Gasteiger partial charge < -0.3 is 4.74 Å². The number of esters is 1. The van der Waals surface area contributed by atoms with Gasteiger partial charge in [0, 0.05) is 15.6 Å². The van der Waals surface area contributed by atoms with Crippen LogP contribution >= 0.6 is 34.5 Å². The third-order valence-corrected chi connectivity index (χ3v) is 6.83. The molecule has 164 valence electrons. The van der Waals surface area contributed by atoms with Crippen LogP contribution in [0.15, 0.2) is 63.5 Å². The van der Waals surface area contributed by atoms with Gasteiger partial charge in [-0.3, -0.25) is 9.36 Å². The molecule has 0 bridgehead atoms. The van der Waals surface area contributed by atoms with Crippen LogP contribution in [0.5, 0.6) is 0 Å². The minimum atomic E-state index is -0.644. The van der Waals surface area contributed by atoms with Crippen LogP contribution in [-0.4, -0.2) is 17.1 Å². The maximum atomic E-state index is 13.5. The third kappa shape index (κ3) is 4.06. The van der Waals surface area contributed by atoms with E-state index < -0.39 is 12.0 Å². The van der Waals surface area contributed by atoms with Crippen LogP contribution in [0.4, 0.5) is 0 Å². The second-order valence-electron chi connectivity index (χ2n) is 7.35. The van der Waals surface area contributed by atoms with Crippen LogP contribution in [0.1, 0.15) is 36.6 Å². The monoisotopic (exact) mass is 486 g/mol. The highest BCUT2D eigenvalue weighted by Crippen LogP contribution is 2.31. The van der Waals surface area contributed by atoms with Gasteiger partial charge in [0.25, 0.3) is 5.56 Å². The van der Waals surface area contributed by atoms with E-state index in [1.165, 1.54) is 11.3 Å². The molecule has 0 saturated carbocycles. The van der Waals surface area contributed by atoms with Crippen LogP contribution in [0.3, 0.4) is 0 Å². The number of allylic oxidation sites excluding steroid dienone is 1. The number of halogens is 2. The first-order chi connectivity index (χ1) is 15.3. The molecular weight excluding hydrogens is 467 g/mol. The Morgan fingerprint density at radius 3 is 2.44 bits per heavy atom. The summed E-state index contributed by atoms with van der Waals surface area (Å²) in [5.74, 6) is -0.484. The van der Waals surface area contributed by atoms with Gasteiger partial charge in [0.2, 0.25) is 0 Å². The van der Waals surface area contributed by atoms with Crippen molar-refractivity contribution < 1.29 is 9.53 Å². The second-order valence-corrected chi connectivity index (χ2v) is 9.17. The number of ether oxygens (including phenoxy) is 1. The highest BCUT2D eigenvalue weighted by atomic mass is 35.5. The second kappa shape index (κ2) is 9.06. The largest absolute Gasteiger partial charge is 0.463 e. The molecule has 0 unspecified atom stereocenters. The molecule has 4 rings (SSSR count). The summed E-state index contributed by atoms with van der Waals surface area (Å²) in [5, 5.41) is 0.892. The number of carbonyl (C=O) groups is 1. The lowest BCUT2D eigenvalue weighted by molar-refractivity contribution is -0.139. The van der Waals surface area contributed by atoms with Crippen molar-refractivity contribution >= 4 is 46.6 Å². The molecule has 1 aliphatic rings. The van der Waals surface area contributed by atoms with Gasteiger partial charge in [0.1, 0.15) is 0 Å². The lowest BCUT2D eigenvalue weighted by atomic mass is 9.95. The van der Waals surface area contributed by atoms with Gasteiger partial charge in [-0.1, -0.05) is 70.4 Å². The van der Waals surface area contributed by atoms with Crippen molar-refractivity contribution in [3.8, 4) is 0 Å². The van der Waals surface area contributed by atoms with Gasteiger partial charge in [-0.25, -0.2) is 9.79 Å². The fourth-order valence-electron chi connectivity index (χ4n) is 3.64. The van der Waals surface area contributed by atoms with E-state index in [4.69, 9.17) is 27.9 Å². The molecule has 32 heavy (non-hydrogen) atoms. The summed E-state index contributed by atoms with van der Waals surface area (Å²) in [6.07, 6.45) is 1.67. The molecule has 0 saturated heterocycles. The standard InChI is InChI=1S/C24H20Cl2N2O3S/c1-4-31-23(30)20-14(3)27-24-28(21(20)15-10-8-13(2)9-11-15)22(29)19(32-24)12-16-17(25)6-5-7-18(16)26/h5-12,21H,4H2,1-3H3/b19-12-/t21-/m0/s1. The average Bonchev–Trinajstić information content (AvgIpc) is 3.05. The molecule has 1 atom stereocenters. The van der Waals surface area contributed by atoms with Gasteiger partial charge in [-0.15, -0.1) is 0 Å². The SMILES string of the molecule is CCOC(=O)C1=C(C)N=c2s/c(=C\c3c(Cl)cccc3Cl)c(=O)n2[C@H]1c1ccc(C)cc1. The van der Waals surface area contributed by atoms with Gasteiger partial charge in [-0.2, -0.15) is 0 Å². The Labute approximate surface area is 198 Å². The zero-order valence-corrected chi connectivity index (χ0v) is 20.0. The summed E-state index contributed by atoms with van der Waals surface area (Å²) in [6.45, 7) is 5.72. The Hall–Kier alpha value is -2.67. The van der Waals surface area contributed by atoms with E-state index in [-0.39, 0.29) is 12.2 Å². The van der Waals surface area contributed by atoms with E-state index in [0.717, 1.165) is 11.1 Å². The number of hydrogen-bond acceptors (Lipinski definition) is 5. The first-order valence-corrected chi connectivity index (χ1v) is 11.6. The molecule has 0 spiro atoms. The van der Waals surface area contributed by atoms with Crippen molar-refractivity contribution in [2.75, 3.05) is 6.61 Å². The lowest BCUT2D eigenvalue weighted by Gasteiger charge is -2.24. The van der Waals surface area contributed by atoms with Crippen molar-refractivity contribution in [1.82, 2.24) is 4.57 Å². The van der Waals surface area contributed by atoms with Crippen LogP contribution in [0.25, 0.3) is 6.08 Å². The zero-order chi connectivity index (χ0) is 23.0. The minimum Gasteiger partial charge on any atom is -0.463 e. The molecule has 0 N–H and O–H groups in total. The number of thiazole rings is 1. The quantitative estimate of drug-likeness (QED) is 0.513. The van der Waals surface area contributed by atoms with Gasteiger partial charge >= 0.3 is 5.97 Å². The van der Waals surface area contributed by atoms with Crippen molar-refractivity contribution in [2.45, 2.75) is 26.8 Å². The Morgan fingerprint density at radius 1 is 1.16 bits per heavy atom. The third-order valence-electron chi connectivity index (χ3n) is 5.19. The van der Waals surface area contributed by atoms with Crippen LogP contribution in [0, 0.1) is 6.92 Å². The molecule has 0 aliphatic carbocycles. The number of carbonyl (C=O) groups excluding carboxylic acids is 1. The Bertz CT molecular complexity index is 1400. The van der Waals surface area contributed by atoms with Crippen LogP contribution < -0.4 is 14.9 Å². The number of fused-ring (bicyclic) bond motifs is 1. The first kappa shape index (κ1) is 22.5. The molecule has 5 nitrogen and oxygen atoms in total. The minimum absolute atomic E-state index is 0.228. The number of rotatable bonds is 4. The number of aryl methyl sites for hydroxylation is 1. The Morgan fingerprint density at radius 2 is 1.81 bits per heavy atom. The van der Waals surface area contributed by atoms with Crippen molar-refractivity contribution in [2.24, 2.45) is 4.99 Å². The zero-order valence-electron chi connectivity index (χ0n) is 17.7. The number of aromatic nitrogens is 1. The summed E-state index contributed by atoms with van der Waals surface area (Å²) < 4.78 is 7.28. The Balaban J connectivity index is 1.99. The average molecular weight is 487 g/mol. The van der Waals surface area contributed by atoms with E-state index in [1.54, 1.807) is 42.7 Å². The number of nitrogens with zero attached hydrogens (tertiary/aromatic N) is 2. The highest BCUT2D eigenvalue weighted by Gasteiger charge is 2.33. The molecular formula is C24H20Cl2N2O3S. The fraction of sp³-hybridized carbons (Fsp3) is 0.208. The molecule has 1 aromatic heterocycles. The predicted molar refractivity (Wildman–Crippen MR) is 128 cm³/mol. The van der Waals surface area contributed by atoms with Crippen molar-refractivity contribution in [3.63, 3.8) is 0 Å². The highest BCUT2D eigenvalue weighted by molar-refractivity contribution is 7.07. The van der Waals surface area contributed by atoms with Gasteiger partial charge in [0.15, 0.2) is 4.80 Å². The van der Waals surface area contributed by atoms with E-state index in [9.17, 15) is 9.59 Å². The summed E-state index contributed by atoms with van der Waals surface area (Å²) in [6, 6.07) is 12.3. The first-order valence-electron chi connectivity index (χ1n) is 10.0. The normalized spacial score (nSPS) is 16.0. The molecule has 2 heterocycles. The summed E-state index contributed by atoms with van der Waals surface area (Å²) >= 11 is 13.8. The van der Waals surface area contributed by atoms with E-state index in [0.29, 0.717) is 36.2 Å². The van der Waals surface area contributed by atoms with Crippen LogP contribution in [-0.2, 0) is 9.53 Å². The molecule has 2 aromatic carbocycles. The summed E-state index contributed by atoms with van der Waals surface area (Å²) in [4.78, 5) is 31.5. The summed E-state index contributed by atoms with van der Waals surface area (Å²) in [7, 11) is 0. The molecule has 0 amide bonds. The summed E-state index contributed by atoms with van der Waals surface area (Å²) in [5.41, 5.74) is 3.05. The van der Waals surface area contributed by atoms with Gasteiger partial charge in [0.05, 0.1) is 28.5 Å². The van der Waals surface area contributed by atoms with E-state index in [2.05, 4.69) is 4.99 Å². The topological polar surface area (TPSA) is 60.7 Å². The number of benzene rings is 2. The number of hydrogen-bond donors (Lipinski definition) is 0. The predicted octanol–water partition coefficient (Wildman–Crippen LogP) is 4.41. The van der Waals surface area contributed by atoms with E-state index >= 15 is 0 Å². The Kier molecular flexibility index (Phi) is 6.38. The molecule has 0 fully saturated rings. The lowest BCUT2D eigenvalue weighted by Crippen LogP contribution is -2.39. The maximum absolute atomic E-state index is 13.5. The van der Waals surface area contributed by atoms with Crippen molar-refractivity contribution in [3.05, 3.63) is 100 Å². The molecule has 1 aliphatic heterocycles. The molecule has 0 radical (unpaired) electrons. The smallest absolute Gasteiger partial charge is 0.338 e. The maximum Gasteiger partial charge on any atom is 0.338 e. The van der Waals surface area contributed by atoms with E-state index in [1.807, 2.05) is 31.2 Å². The van der Waals surface area contributed by atoms with Gasteiger partial charge in [-0.05, 0) is 44.5 Å². The molecule has 3 aromatic rings. The molecule has 8 heteroatoms. The fourth-order valence-corrected chi connectivity index (χ4v) is 5.17. The van der Waals surface area contributed by atoms with Crippen molar-refractivity contribution in [1.29, 1.82) is 0 Å². The van der Waals surface area contributed by atoms with Crippen LogP contribution in [0.2, 0.25) is 10.0 Å².